The van der Waals surface area contributed by atoms with Gasteiger partial charge >= 0.3 is 0 Å². The van der Waals surface area contributed by atoms with Crippen LogP contribution in [0.3, 0.4) is 0 Å². The molecule has 0 bridgehead atoms. The smallest absolute Gasteiger partial charge is 0.238 e. The highest BCUT2D eigenvalue weighted by molar-refractivity contribution is 6.41. The quantitative estimate of drug-likeness (QED) is 0.471. The highest BCUT2D eigenvalue weighted by atomic mass is 35.5. The van der Waals surface area contributed by atoms with Crippen LogP contribution in [0.15, 0.2) is 35.3 Å². The van der Waals surface area contributed by atoms with Crippen molar-refractivity contribution in [2.24, 2.45) is 12.0 Å². The number of aromatic nitrogens is 1. The maximum absolute atomic E-state index is 11.9. The largest absolute Gasteiger partial charge is 0.352 e. The van der Waals surface area contributed by atoms with Gasteiger partial charge in [0.2, 0.25) is 5.91 Å². The van der Waals surface area contributed by atoms with Crippen LogP contribution in [0.25, 0.3) is 0 Å². The van der Waals surface area contributed by atoms with Gasteiger partial charge < -0.3 is 25.4 Å². The van der Waals surface area contributed by atoms with Crippen LogP contribution in [0.2, 0.25) is 10.2 Å². The SMILES string of the molecule is CN=C(NCc1cccc(NC(=O)CN(C)C)c1)NCc1cc(Cl)c(Cl)n1C. The van der Waals surface area contributed by atoms with Crippen molar-refractivity contribution in [2.45, 2.75) is 13.1 Å². The number of nitrogens with zero attached hydrogens (tertiary/aromatic N) is 3. The second-order valence-corrected chi connectivity index (χ2v) is 7.36. The van der Waals surface area contributed by atoms with Crippen molar-refractivity contribution in [2.75, 3.05) is 33.0 Å². The third kappa shape index (κ3) is 6.44. The first kappa shape index (κ1) is 22.1. The number of hydrogen-bond acceptors (Lipinski definition) is 3. The molecule has 2 rings (SSSR count). The second kappa shape index (κ2) is 10.4. The molecule has 1 aromatic heterocycles. The Balaban J connectivity index is 1.90. The maximum Gasteiger partial charge on any atom is 0.238 e. The van der Waals surface area contributed by atoms with E-state index >= 15 is 0 Å². The van der Waals surface area contributed by atoms with E-state index in [0.29, 0.717) is 35.8 Å². The first-order chi connectivity index (χ1) is 13.3. The Labute approximate surface area is 175 Å². The molecule has 152 valence electrons. The molecular weight excluding hydrogens is 399 g/mol. The van der Waals surface area contributed by atoms with E-state index in [1.807, 2.05) is 60.9 Å². The number of benzene rings is 1. The lowest BCUT2D eigenvalue weighted by Gasteiger charge is -2.14. The normalized spacial score (nSPS) is 11.6. The minimum atomic E-state index is -0.0486. The number of rotatable bonds is 7. The zero-order valence-electron chi connectivity index (χ0n) is 16.5. The standard InChI is InChI=1S/C19H26Cl2N6O/c1-22-19(24-11-15-9-16(20)18(21)27(15)4)23-10-13-6-5-7-14(8-13)25-17(28)12-26(2)3/h5-9H,10-12H2,1-4H3,(H,25,28)(H2,22,23,24). The molecule has 1 aromatic carbocycles. The highest BCUT2D eigenvalue weighted by Crippen LogP contribution is 2.24. The summed E-state index contributed by atoms with van der Waals surface area (Å²) in [6.45, 7) is 1.43. The first-order valence-electron chi connectivity index (χ1n) is 8.77. The molecule has 7 nitrogen and oxygen atoms in total. The number of likely N-dealkylation sites (N-methyl/N-ethyl adjacent to an activating group) is 1. The second-order valence-electron chi connectivity index (χ2n) is 6.60. The van der Waals surface area contributed by atoms with Crippen molar-refractivity contribution in [1.82, 2.24) is 20.1 Å². The fourth-order valence-corrected chi connectivity index (χ4v) is 3.00. The third-order valence-electron chi connectivity index (χ3n) is 4.01. The third-order valence-corrected chi connectivity index (χ3v) is 4.85. The molecule has 0 fully saturated rings. The van der Waals surface area contributed by atoms with Crippen LogP contribution < -0.4 is 16.0 Å². The van der Waals surface area contributed by atoms with Gasteiger partial charge in [0.15, 0.2) is 5.96 Å². The summed E-state index contributed by atoms with van der Waals surface area (Å²) in [6, 6.07) is 9.52. The number of nitrogens with one attached hydrogen (secondary N) is 3. The maximum atomic E-state index is 11.9. The monoisotopic (exact) mass is 424 g/mol. The van der Waals surface area contributed by atoms with Crippen molar-refractivity contribution >= 4 is 40.8 Å². The van der Waals surface area contributed by atoms with Gasteiger partial charge in [0.05, 0.1) is 18.1 Å². The molecule has 0 radical (unpaired) electrons. The molecule has 0 saturated carbocycles. The number of carbonyl (C=O) groups is 1. The molecule has 9 heteroatoms. The number of halogens is 2. The molecule has 1 heterocycles. The molecule has 0 spiro atoms. The molecule has 0 aliphatic carbocycles. The van der Waals surface area contributed by atoms with Crippen LogP contribution in [-0.4, -0.2) is 49.0 Å². The fourth-order valence-electron chi connectivity index (χ4n) is 2.59. The van der Waals surface area contributed by atoms with Gasteiger partial charge in [0.1, 0.15) is 5.15 Å². The number of carbonyl (C=O) groups excluding carboxylic acids is 1. The van der Waals surface area contributed by atoms with Crippen LogP contribution in [0.1, 0.15) is 11.3 Å². The van der Waals surface area contributed by atoms with Crippen molar-refractivity contribution in [1.29, 1.82) is 0 Å². The zero-order valence-corrected chi connectivity index (χ0v) is 18.0. The van der Waals surface area contributed by atoms with Gasteiger partial charge in [0, 0.05) is 32.0 Å². The predicted molar refractivity (Wildman–Crippen MR) is 116 cm³/mol. The van der Waals surface area contributed by atoms with E-state index in [2.05, 4.69) is 20.9 Å². The number of aliphatic imine (C=N–C) groups is 1. The van der Waals surface area contributed by atoms with E-state index in [-0.39, 0.29) is 5.91 Å². The molecular formula is C19H26Cl2N6O. The number of hydrogen-bond donors (Lipinski definition) is 3. The van der Waals surface area contributed by atoms with Gasteiger partial charge in [-0.15, -0.1) is 0 Å². The highest BCUT2D eigenvalue weighted by Gasteiger charge is 2.09. The summed E-state index contributed by atoms with van der Waals surface area (Å²) in [7, 11) is 7.28. The van der Waals surface area contributed by atoms with Crippen LogP contribution in [0.5, 0.6) is 0 Å². The van der Waals surface area contributed by atoms with Gasteiger partial charge in [-0.25, -0.2) is 0 Å². The van der Waals surface area contributed by atoms with Gasteiger partial charge in [-0.3, -0.25) is 9.79 Å². The first-order valence-corrected chi connectivity index (χ1v) is 9.53. The molecule has 0 aliphatic heterocycles. The van der Waals surface area contributed by atoms with E-state index in [1.165, 1.54) is 0 Å². The summed E-state index contributed by atoms with van der Waals surface area (Å²) in [5.74, 6) is 0.600. The zero-order chi connectivity index (χ0) is 20.7. The van der Waals surface area contributed by atoms with Gasteiger partial charge in [-0.1, -0.05) is 35.3 Å². The summed E-state index contributed by atoms with van der Waals surface area (Å²) in [5, 5.41) is 10.4. The van der Waals surface area contributed by atoms with Crippen LogP contribution in [0, 0.1) is 0 Å². The Bertz CT molecular complexity index is 847. The van der Waals surface area contributed by atoms with E-state index in [0.717, 1.165) is 16.9 Å². The number of anilines is 1. The summed E-state index contributed by atoms with van der Waals surface area (Å²) in [5.41, 5.74) is 2.74. The molecule has 1 amide bonds. The van der Waals surface area contributed by atoms with Gasteiger partial charge in [0.25, 0.3) is 0 Å². The Morgan fingerprint density at radius 3 is 2.50 bits per heavy atom. The van der Waals surface area contributed by atoms with E-state index in [9.17, 15) is 4.79 Å². The molecule has 0 aliphatic rings. The van der Waals surface area contributed by atoms with E-state index in [1.54, 1.807) is 7.05 Å². The Morgan fingerprint density at radius 2 is 1.89 bits per heavy atom. The molecule has 0 saturated heterocycles. The lowest BCUT2D eigenvalue weighted by Crippen LogP contribution is -2.36. The topological polar surface area (TPSA) is 73.7 Å². The van der Waals surface area contributed by atoms with Gasteiger partial charge in [-0.05, 0) is 37.9 Å². The fraction of sp³-hybridized carbons (Fsp3) is 0.368. The molecule has 3 N–H and O–H groups in total. The van der Waals surface area contributed by atoms with Crippen molar-refractivity contribution < 1.29 is 4.79 Å². The number of guanidine groups is 1. The van der Waals surface area contributed by atoms with Crippen LogP contribution in [-0.2, 0) is 24.9 Å². The minimum absolute atomic E-state index is 0.0486. The van der Waals surface area contributed by atoms with E-state index < -0.39 is 0 Å². The summed E-state index contributed by atoms with van der Waals surface area (Å²) in [4.78, 5) is 17.9. The van der Waals surface area contributed by atoms with Crippen molar-refractivity contribution in [3.63, 3.8) is 0 Å². The van der Waals surface area contributed by atoms with Gasteiger partial charge in [-0.2, -0.15) is 0 Å². The Hall–Kier alpha value is -2.22. The average molecular weight is 425 g/mol. The Kier molecular flexibility index (Phi) is 8.17. The van der Waals surface area contributed by atoms with Crippen molar-refractivity contribution in [3.05, 3.63) is 51.8 Å². The van der Waals surface area contributed by atoms with E-state index in [4.69, 9.17) is 23.2 Å². The lowest BCUT2D eigenvalue weighted by atomic mass is 10.2. The van der Waals surface area contributed by atoms with Crippen LogP contribution >= 0.6 is 23.2 Å². The van der Waals surface area contributed by atoms with Crippen LogP contribution in [0.4, 0.5) is 5.69 Å². The minimum Gasteiger partial charge on any atom is -0.352 e. The predicted octanol–water partition coefficient (Wildman–Crippen LogP) is 2.70. The van der Waals surface area contributed by atoms with Crippen molar-refractivity contribution in [3.8, 4) is 0 Å². The summed E-state index contributed by atoms with van der Waals surface area (Å²) in [6.07, 6.45) is 0. The lowest BCUT2D eigenvalue weighted by molar-refractivity contribution is -0.116. The molecule has 2 aromatic rings. The number of amides is 1. The summed E-state index contributed by atoms with van der Waals surface area (Å²) >= 11 is 12.1. The molecule has 0 atom stereocenters. The molecule has 0 unspecified atom stereocenters. The Morgan fingerprint density at radius 1 is 1.18 bits per heavy atom. The average Bonchev–Trinajstić information content (AvgIpc) is 2.88. The summed E-state index contributed by atoms with van der Waals surface area (Å²) < 4.78 is 1.82. The molecule has 28 heavy (non-hydrogen) atoms.